The third-order valence-electron chi connectivity index (χ3n) is 4.20. The van der Waals surface area contributed by atoms with E-state index in [1.807, 2.05) is 40.7 Å². The van der Waals surface area contributed by atoms with Gasteiger partial charge in [-0.05, 0) is 11.6 Å². The highest BCUT2D eigenvalue weighted by Crippen LogP contribution is 2.29. The molecular weight excluding hydrogens is 298 g/mol. The highest BCUT2D eigenvalue weighted by Gasteiger charge is 2.33. The van der Waals surface area contributed by atoms with Gasteiger partial charge in [-0.3, -0.25) is 4.79 Å². The summed E-state index contributed by atoms with van der Waals surface area (Å²) < 4.78 is 5.81. The number of para-hydroxylation sites is 1. The number of nitrogens with zero attached hydrogens (tertiary/aromatic N) is 3. The van der Waals surface area contributed by atoms with Gasteiger partial charge >= 0.3 is 0 Å². The summed E-state index contributed by atoms with van der Waals surface area (Å²) in [5.74, 6) is 0.956. The first-order chi connectivity index (χ1) is 10.8. The SMILES string of the molecule is O=C(C1Cc2ccccc2O1)N1CCN(c2nccs2)CC1. The van der Waals surface area contributed by atoms with Crippen molar-refractivity contribution < 1.29 is 9.53 Å². The molecule has 1 unspecified atom stereocenters. The van der Waals surface area contributed by atoms with Crippen molar-refractivity contribution >= 4 is 22.4 Å². The van der Waals surface area contributed by atoms with E-state index in [4.69, 9.17) is 4.74 Å². The Bertz CT molecular complexity index is 641. The maximum Gasteiger partial charge on any atom is 0.264 e. The quantitative estimate of drug-likeness (QED) is 0.848. The van der Waals surface area contributed by atoms with Gasteiger partial charge in [-0.1, -0.05) is 18.2 Å². The standard InChI is InChI=1S/C16H17N3O2S/c20-15(14-11-12-3-1-2-4-13(12)21-14)18-6-8-19(9-7-18)16-17-5-10-22-16/h1-5,10,14H,6-9,11H2. The summed E-state index contributed by atoms with van der Waals surface area (Å²) in [6.45, 7) is 3.13. The van der Waals surface area contributed by atoms with Gasteiger partial charge in [0.2, 0.25) is 0 Å². The van der Waals surface area contributed by atoms with Crippen molar-refractivity contribution in [3.8, 4) is 5.75 Å². The second-order valence-corrected chi connectivity index (χ2v) is 6.42. The Morgan fingerprint density at radius 2 is 2.05 bits per heavy atom. The minimum Gasteiger partial charge on any atom is -0.480 e. The van der Waals surface area contributed by atoms with Crippen LogP contribution in [0, 0.1) is 0 Å². The molecule has 5 nitrogen and oxygen atoms in total. The molecule has 1 aromatic carbocycles. The second-order valence-electron chi connectivity index (χ2n) is 5.55. The molecule has 0 N–H and O–H groups in total. The first-order valence-corrected chi connectivity index (χ1v) is 8.37. The molecule has 0 spiro atoms. The maximum absolute atomic E-state index is 12.6. The second kappa shape index (κ2) is 5.61. The molecule has 3 heterocycles. The van der Waals surface area contributed by atoms with Crippen LogP contribution in [0.2, 0.25) is 0 Å². The predicted molar refractivity (Wildman–Crippen MR) is 85.5 cm³/mol. The number of ether oxygens (including phenoxy) is 1. The first kappa shape index (κ1) is 13.6. The Hall–Kier alpha value is -2.08. The Kier molecular flexibility index (Phi) is 3.46. The number of carbonyl (C=O) groups is 1. The fraction of sp³-hybridized carbons (Fsp3) is 0.375. The number of amides is 1. The highest BCUT2D eigenvalue weighted by molar-refractivity contribution is 7.13. The smallest absolute Gasteiger partial charge is 0.264 e. The number of carbonyl (C=O) groups excluding carboxylic acids is 1. The van der Waals surface area contributed by atoms with E-state index in [1.165, 1.54) is 0 Å². The van der Waals surface area contributed by atoms with Crippen LogP contribution < -0.4 is 9.64 Å². The van der Waals surface area contributed by atoms with Crippen molar-refractivity contribution in [3.05, 3.63) is 41.4 Å². The predicted octanol–water partition coefficient (Wildman–Crippen LogP) is 1.80. The molecule has 1 aromatic heterocycles. The van der Waals surface area contributed by atoms with Crippen molar-refractivity contribution in [2.75, 3.05) is 31.1 Å². The molecule has 114 valence electrons. The third kappa shape index (κ3) is 2.43. The lowest BCUT2D eigenvalue weighted by atomic mass is 10.1. The lowest BCUT2D eigenvalue weighted by molar-refractivity contribution is -0.138. The molecule has 2 aromatic rings. The van der Waals surface area contributed by atoms with Gasteiger partial charge in [-0.2, -0.15) is 0 Å². The fourth-order valence-corrected chi connectivity index (χ4v) is 3.71. The first-order valence-electron chi connectivity index (χ1n) is 7.49. The number of piperazine rings is 1. The lowest BCUT2D eigenvalue weighted by Gasteiger charge is -2.35. The summed E-state index contributed by atoms with van der Waals surface area (Å²) in [4.78, 5) is 21.1. The van der Waals surface area contributed by atoms with E-state index >= 15 is 0 Å². The van der Waals surface area contributed by atoms with Crippen LogP contribution in [-0.2, 0) is 11.2 Å². The molecule has 1 saturated heterocycles. The van der Waals surface area contributed by atoms with E-state index in [2.05, 4.69) is 9.88 Å². The molecule has 2 aliphatic rings. The lowest BCUT2D eigenvalue weighted by Crippen LogP contribution is -2.52. The van der Waals surface area contributed by atoms with Crippen molar-refractivity contribution in [3.63, 3.8) is 0 Å². The molecule has 0 aliphatic carbocycles. The molecule has 2 aliphatic heterocycles. The van der Waals surface area contributed by atoms with Crippen LogP contribution >= 0.6 is 11.3 Å². The zero-order valence-electron chi connectivity index (χ0n) is 12.1. The van der Waals surface area contributed by atoms with Crippen LogP contribution in [0.5, 0.6) is 5.75 Å². The van der Waals surface area contributed by atoms with Crippen LogP contribution in [0.15, 0.2) is 35.8 Å². The molecule has 0 radical (unpaired) electrons. The monoisotopic (exact) mass is 315 g/mol. The largest absolute Gasteiger partial charge is 0.480 e. The third-order valence-corrected chi connectivity index (χ3v) is 5.04. The molecule has 1 atom stereocenters. The van der Waals surface area contributed by atoms with Crippen molar-refractivity contribution in [2.24, 2.45) is 0 Å². The number of aromatic nitrogens is 1. The average molecular weight is 315 g/mol. The Balaban J connectivity index is 1.37. The Morgan fingerprint density at radius 3 is 2.77 bits per heavy atom. The van der Waals surface area contributed by atoms with Gasteiger partial charge < -0.3 is 14.5 Å². The molecule has 0 saturated carbocycles. The summed E-state index contributed by atoms with van der Waals surface area (Å²) in [7, 11) is 0. The van der Waals surface area contributed by atoms with E-state index < -0.39 is 0 Å². The molecule has 4 rings (SSSR count). The molecule has 22 heavy (non-hydrogen) atoms. The summed E-state index contributed by atoms with van der Waals surface area (Å²) in [5.41, 5.74) is 1.13. The van der Waals surface area contributed by atoms with E-state index in [-0.39, 0.29) is 12.0 Å². The topological polar surface area (TPSA) is 45.7 Å². The normalized spacial score (nSPS) is 20.6. The van der Waals surface area contributed by atoms with Crippen LogP contribution in [-0.4, -0.2) is 48.1 Å². The number of benzene rings is 1. The fourth-order valence-electron chi connectivity index (χ4n) is 3.01. The van der Waals surface area contributed by atoms with Crippen molar-refractivity contribution in [1.29, 1.82) is 0 Å². The van der Waals surface area contributed by atoms with Crippen LogP contribution in [0.4, 0.5) is 5.13 Å². The van der Waals surface area contributed by atoms with Crippen molar-refractivity contribution in [1.82, 2.24) is 9.88 Å². The zero-order chi connectivity index (χ0) is 14.9. The van der Waals surface area contributed by atoms with Gasteiger partial charge in [-0.25, -0.2) is 4.98 Å². The summed E-state index contributed by atoms with van der Waals surface area (Å²) in [5, 5.41) is 3.02. The van der Waals surface area contributed by atoms with Crippen molar-refractivity contribution in [2.45, 2.75) is 12.5 Å². The van der Waals surface area contributed by atoms with Gasteiger partial charge in [0, 0.05) is 44.2 Å². The number of fused-ring (bicyclic) bond motifs is 1. The van der Waals surface area contributed by atoms with Gasteiger partial charge in [-0.15, -0.1) is 11.3 Å². The van der Waals surface area contributed by atoms with E-state index in [9.17, 15) is 4.79 Å². The molecule has 1 fully saturated rings. The minimum absolute atomic E-state index is 0.106. The number of hydrogen-bond donors (Lipinski definition) is 0. The summed E-state index contributed by atoms with van der Waals surface area (Å²) >= 11 is 1.64. The summed E-state index contributed by atoms with van der Waals surface area (Å²) in [6.07, 6.45) is 2.15. The van der Waals surface area contributed by atoms with Gasteiger partial charge in [0.05, 0.1) is 0 Å². The number of hydrogen-bond acceptors (Lipinski definition) is 5. The number of anilines is 1. The minimum atomic E-state index is -0.358. The zero-order valence-corrected chi connectivity index (χ0v) is 13.0. The van der Waals surface area contributed by atoms with Crippen LogP contribution in [0.1, 0.15) is 5.56 Å². The molecule has 1 amide bonds. The van der Waals surface area contributed by atoms with Gasteiger partial charge in [0.15, 0.2) is 11.2 Å². The van der Waals surface area contributed by atoms with E-state index in [0.717, 1.165) is 42.6 Å². The van der Waals surface area contributed by atoms with Crippen LogP contribution in [0.3, 0.4) is 0 Å². The number of thiazole rings is 1. The molecule has 6 heteroatoms. The average Bonchev–Trinajstić information content (AvgIpc) is 3.23. The Morgan fingerprint density at radius 1 is 1.23 bits per heavy atom. The maximum atomic E-state index is 12.6. The molecule has 0 bridgehead atoms. The Labute approximate surface area is 133 Å². The van der Waals surface area contributed by atoms with Crippen LogP contribution in [0.25, 0.3) is 0 Å². The molecular formula is C16H17N3O2S. The van der Waals surface area contributed by atoms with E-state index in [1.54, 1.807) is 11.3 Å². The summed E-state index contributed by atoms with van der Waals surface area (Å²) in [6, 6.07) is 7.90. The van der Waals surface area contributed by atoms with Gasteiger partial charge in [0.25, 0.3) is 5.91 Å². The highest BCUT2D eigenvalue weighted by atomic mass is 32.1. The van der Waals surface area contributed by atoms with E-state index in [0.29, 0.717) is 6.42 Å². The number of rotatable bonds is 2. The van der Waals surface area contributed by atoms with Gasteiger partial charge in [0.1, 0.15) is 5.75 Å².